The van der Waals surface area contributed by atoms with Crippen molar-refractivity contribution in [2.24, 2.45) is 5.92 Å². The number of unbranched alkanes of at least 4 members (excludes halogenated alkanes) is 1. The fourth-order valence-electron chi connectivity index (χ4n) is 5.00. The van der Waals surface area contributed by atoms with Crippen molar-refractivity contribution in [3.63, 3.8) is 0 Å². The van der Waals surface area contributed by atoms with Gasteiger partial charge in [-0.25, -0.2) is 4.98 Å². The Morgan fingerprint density at radius 2 is 1.86 bits per heavy atom. The van der Waals surface area contributed by atoms with Gasteiger partial charge in [0.25, 0.3) is 0 Å². The van der Waals surface area contributed by atoms with E-state index in [0.717, 1.165) is 50.3 Å². The molecule has 1 unspecified atom stereocenters. The molecule has 0 radical (unpaired) electrons. The van der Waals surface area contributed by atoms with E-state index < -0.39 is 6.04 Å². The van der Waals surface area contributed by atoms with Gasteiger partial charge in [-0.2, -0.15) is 0 Å². The minimum Gasteiger partial charge on any atom is -0.353 e. The lowest BCUT2D eigenvalue weighted by Gasteiger charge is -2.37. The first kappa shape index (κ1) is 26.7. The summed E-state index contributed by atoms with van der Waals surface area (Å²) in [4.78, 5) is 46.3. The van der Waals surface area contributed by atoms with Gasteiger partial charge in [0.05, 0.1) is 0 Å². The molecule has 1 atom stereocenters. The summed E-state index contributed by atoms with van der Waals surface area (Å²) in [5.41, 5.74) is 0.978. The molecule has 2 heterocycles. The van der Waals surface area contributed by atoms with Gasteiger partial charge in [-0.3, -0.25) is 14.4 Å². The van der Waals surface area contributed by atoms with E-state index in [0.29, 0.717) is 38.4 Å². The predicted octanol–water partition coefficient (Wildman–Crippen LogP) is 2.97. The standard InChI is InChI=1S/C27H41N5O3/c1-3-25(33)28-15-8-7-13-23(30-26(34)20-22-11-5-4-6-12-22)27(35)32-18-16-31(17-19-32)24-14-9-10-21(2)29-24/h3,9-10,14,22-23H,1,4-8,11-13,15-20H2,2H3,(H,28,33)(H,30,34). The number of nitrogens with one attached hydrogen (secondary N) is 2. The highest BCUT2D eigenvalue weighted by Crippen LogP contribution is 2.26. The normalized spacial score (nSPS) is 17.5. The van der Waals surface area contributed by atoms with E-state index >= 15 is 0 Å². The average molecular weight is 484 g/mol. The Labute approximate surface area is 209 Å². The number of piperazine rings is 1. The van der Waals surface area contributed by atoms with E-state index in [4.69, 9.17) is 0 Å². The van der Waals surface area contributed by atoms with Crippen molar-refractivity contribution >= 4 is 23.5 Å². The summed E-state index contributed by atoms with van der Waals surface area (Å²) in [6.07, 6.45) is 9.65. The smallest absolute Gasteiger partial charge is 0.245 e. The molecule has 2 N–H and O–H groups in total. The summed E-state index contributed by atoms with van der Waals surface area (Å²) in [6, 6.07) is 5.46. The molecule has 2 aliphatic rings. The minimum atomic E-state index is -0.523. The number of nitrogens with zero attached hydrogens (tertiary/aromatic N) is 3. The first-order chi connectivity index (χ1) is 17.0. The van der Waals surface area contributed by atoms with Gasteiger partial charge in [-0.15, -0.1) is 0 Å². The molecule has 0 aromatic carbocycles. The van der Waals surface area contributed by atoms with Crippen LogP contribution in [0.1, 0.15) is 63.5 Å². The van der Waals surface area contributed by atoms with E-state index in [1.807, 2.05) is 30.0 Å². The zero-order valence-corrected chi connectivity index (χ0v) is 21.1. The fourth-order valence-corrected chi connectivity index (χ4v) is 5.00. The molecule has 0 bridgehead atoms. The Morgan fingerprint density at radius 3 is 2.54 bits per heavy atom. The topological polar surface area (TPSA) is 94.6 Å². The summed E-state index contributed by atoms with van der Waals surface area (Å²) in [5, 5.41) is 5.83. The second-order valence-corrected chi connectivity index (χ2v) is 9.77. The maximum absolute atomic E-state index is 13.4. The SMILES string of the molecule is C=CC(=O)NCCCCC(NC(=O)CC1CCCCC1)C(=O)N1CCN(c2cccc(C)n2)CC1. The first-order valence-electron chi connectivity index (χ1n) is 13.1. The zero-order chi connectivity index (χ0) is 25.0. The van der Waals surface area contributed by atoms with E-state index in [-0.39, 0.29) is 17.7 Å². The van der Waals surface area contributed by atoms with Gasteiger partial charge in [-0.05, 0) is 63.2 Å². The molecule has 1 aliphatic carbocycles. The Bertz CT molecular complexity index is 860. The number of pyridine rings is 1. The molecule has 1 saturated heterocycles. The zero-order valence-electron chi connectivity index (χ0n) is 21.1. The number of hydrogen-bond donors (Lipinski definition) is 2. The van der Waals surface area contributed by atoms with Crippen LogP contribution in [0, 0.1) is 12.8 Å². The average Bonchev–Trinajstić information content (AvgIpc) is 2.88. The molecule has 1 aromatic heterocycles. The lowest BCUT2D eigenvalue weighted by atomic mass is 9.87. The largest absolute Gasteiger partial charge is 0.353 e. The third-order valence-electron chi connectivity index (χ3n) is 7.03. The highest BCUT2D eigenvalue weighted by atomic mass is 16.2. The Hall–Kier alpha value is -2.90. The molecule has 8 nitrogen and oxygen atoms in total. The Morgan fingerprint density at radius 1 is 1.11 bits per heavy atom. The second-order valence-electron chi connectivity index (χ2n) is 9.77. The maximum Gasteiger partial charge on any atom is 0.245 e. The molecule has 192 valence electrons. The van der Waals surface area contributed by atoms with Crippen LogP contribution in [-0.4, -0.2) is 66.4 Å². The Kier molecular flexibility index (Phi) is 10.6. The molecule has 1 aromatic rings. The highest BCUT2D eigenvalue weighted by Gasteiger charge is 2.29. The lowest BCUT2D eigenvalue weighted by Crippen LogP contribution is -2.55. The monoisotopic (exact) mass is 483 g/mol. The maximum atomic E-state index is 13.4. The van der Waals surface area contributed by atoms with Crippen LogP contribution in [-0.2, 0) is 14.4 Å². The summed E-state index contributed by atoms with van der Waals surface area (Å²) >= 11 is 0. The third kappa shape index (κ3) is 8.67. The highest BCUT2D eigenvalue weighted by molar-refractivity contribution is 5.88. The predicted molar refractivity (Wildman–Crippen MR) is 138 cm³/mol. The van der Waals surface area contributed by atoms with Gasteiger partial charge in [0.15, 0.2) is 0 Å². The van der Waals surface area contributed by atoms with Crippen LogP contribution in [0.4, 0.5) is 5.82 Å². The van der Waals surface area contributed by atoms with Gasteiger partial charge in [-0.1, -0.05) is 31.9 Å². The van der Waals surface area contributed by atoms with Crippen molar-refractivity contribution in [1.29, 1.82) is 0 Å². The van der Waals surface area contributed by atoms with E-state index in [2.05, 4.69) is 27.1 Å². The molecule has 8 heteroatoms. The van der Waals surface area contributed by atoms with Crippen LogP contribution in [0.3, 0.4) is 0 Å². The molecule has 3 amide bonds. The summed E-state index contributed by atoms with van der Waals surface area (Å²) in [7, 11) is 0. The summed E-state index contributed by atoms with van der Waals surface area (Å²) in [6.45, 7) is 8.63. The molecular weight excluding hydrogens is 442 g/mol. The number of aromatic nitrogens is 1. The molecular formula is C27H41N5O3. The van der Waals surface area contributed by atoms with Gasteiger partial charge in [0, 0.05) is 44.8 Å². The van der Waals surface area contributed by atoms with E-state index in [1.165, 1.54) is 25.3 Å². The van der Waals surface area contributed by atoms with Crippen molar-refractivity contribution in [1.82, 2.24) is 20.5 Å². The first-order valence-corrected chi connectivity index (χ1v) is 13.1. The van der Waals surface area contributed by atoms with E-state index in [9.17, 15) is 14.4 Å². The van der Waals surface area contributed by atoms with Crippen molar-refractivity contribution in [3.05, 3.63) is 36.5 Å². The molecule has 1 saturated carbocycles. The van der Waals surface area contributed by atoms with Crippen LogP contribution in [0.15, 0.2) is 30.9 Å². The summed E-state index contributed by atoms with van der Waals surface area (Å²) in [5.74, 6) is 1.15. The molecule has 35 heavy (non-hydrogen) atoms. The molecule has 1 aliphatic heterocycles. The number of anilines is 1. The van der Waals surface area contributed by atoms with Crippen molar-refractivity contribution in [3.8, 4) is 0 Å². The van der Waals surface area contributed by atoms with Crippen LogP contribution in [0.25, 0.3) is 0 Å². The Balaban J connectivity index is 1.54. The van der Waals surface area contributed by atoms with Crippen molar-refractivity contribution < 1.29 is 14.4 Å². The quantitative estimate of drug-likeness (QED) is 0.373. The minimum absolute atomic E-state index is 0.00558. The fraction of sp³-hybridized carbons (Fsp3) is 0.630. The van der Waals surface area contributed by atoms with Crippen LogP contribution in [0.2, 0.25) is 0 Å². The van der Waals surface area contributed by atoms with Crippen LogP contribution >= 0.6 is 0 Å². The number of aryl methyl sites for hydroxylation is 1. The number of rotatable bonds is 11. The van der Waals surface area contributed by atoms with Crippen LogP contribution < -0.4 is 15.5 Å². The molecule has 0 spiro atoms. The molecule has 3 rings (SSSR count). The number of amides is 3. The molecule has 2 fully saturated rings. The van der Waals surface area contributed by atoms with Gasteiger partial charge in [0.1, 0.15) is 11.9 Å². The van der Waals surface area contributed by atoms with Crippen LogP contribution in [0.5, 0.6) is 0 Å². The van der Waals surface area contributed by atoms with Gasteiger partial charge >= 0.3 is 0 Å². The van der Waals surface area contributed by atoms with Gasteiger partial charge in [0.2, 0.25) is 17.7 Å². The van der Waals surface area contributed by atoms with Crippen molar-refractivity contribution in [2.75, 3.05) is 37.6 Å². The van der Waals surface area contributed by atoms with Crippen molar-refractivity contribution in [2.45, 2.75) is 70.8 Å². The summed E-state index contributed by atoms with van der Waals surface area (Å²) < 4.78 is 0. The third-order valence-corrected chi connectivity index (χ3v) is 7.03. The number of carbonyl (C=O) groups excluding carboxylic acids is 3. The number of hydrogen-bond acceptors (Lipinski definition) is 5. The second kappa shape index (κ2) is 13.9. The van der Waals surface area contributed by atoms with Gasteiger partial charge < -0.3 is 20.4 Å². The number of carbonyl (C=O) groups is 3. The van der Waals surface area contributed by atoms with E-state index in [1.54, 1.807) is 0 Å². The lowest BCUT2D eigenvalue weighted by molar-refractivity contribution is -0.137.